The van der Waals surface area contributed by atoms with Gasteiger partial charge in [-0.15, -0.1) is 0 Å². The van der Waals surface area contributed by atoms with Crippen LogP contribution in [0.1, 0.15) is 70.6 Å². The van der Waals surface area contributed by atoms with Gasteiger partial charge < -0.3 is 14.7 Å². The molecule has 5 fully saturated rings. The first-order valence-corrected chi connectivity index (χ1v) is 10.0. The van der Waals surface area contributed by atoms with Crippen LogP contribution in [0, 0.1) is 17.3 Å². The highest BCUT2D eigenvalue weighted by Crippen LogP contribution is 2.61. The van der Waals surface area contributed by atoms with Crippen molar-refractivity contribution in [1.82, 2.24) is 4.90 Å². The summed E-state index contributed by atoms with van der Waals surface area (Å²) >= 11 is 0. The van der Waals surface area contributed by atoms with E-state index in [1.54, 1.807) is 4.90 Å². The van der Waals surface area contributed by atoms with Gasteiger partial charge in [0.15, 0.2) is 6.61 Å². The van der Waals surface area contributed by atoms with Crippen LogP contribution in [0.15, 0.2) is 0 Å². The third-order valence-electron chi connectivity index (χ3n) is 7.31. The molecule has 5 saturated carbocycles. The van der Waals surface area contributed by atoms with Crippen molar-refractivity contribution in [1.29, 1.82) is 0 Å². The quantitative estimate of drug-likeness (QED) is 0.793. The van der Waals surface area contributed by atoms with Crippen LogP contribution in [0.5, 0.6) is 0 Å². The molecule has 0 aliphatic heterocycles. The zero-order chi connectivity index (χ0) is 17.7. The van der Waals surface area contributed by atoms with Crippen molar-refractivity contribution in [2.75, 3.05) is 13.7 Å². The fourth-order valence-corrected chi connectivity index (χ4v) is 6.51. The Morgan fingerprint density at radius 1 is 1.08 bits per heavy atom. The van der Waals surface area contributed by atoms with Gasteiger partial charge in [-0.3, -0.25) is 9.59 Å². The molecule has 25 heavy (non-hydrogen) atoms. The average Bonchev–Trinajstić information content (AvgIpc) is 2.57. The number of nitrogens with zero attached hydrogens (tertiary/aromatic N) is 1. The topological polar surface area (TPSA) is 66.8 Å². The summed E-state index contributed by atoms with van der Waals surface area (Å²) in [5, 5.41) is 10.8. The lowest BCUT2D eigenvalue weighted by molar-refractivity contribution is -0.197. The summed E-state index contributed by atoms with van der Waals surface area (Å²) in [6.45, 7) is -0.151. The van der Waals surface area contributed by atoms with Crippen LogP contribution in [-0.4, -0.2) is 47.2 Å². The van der Waals surface area contributed by atoms with Gasteiger partial charge in [-0.2, -0.15) is 0 Å². The van der Waals surface area contributed by atoms with Gasteiger partial charge in [0.05, 0.1) is 11.0 Å². The summed E-state index contributed by atoms with van der Waals surface area (Å²) in [5.74, 6) is 0.549. The van der Waals surface area contributed by atoms with Crippen LogP contribution in [0.3, 0.4) is 0 Å². The minimum absolute atomic E-state index is 0.0938. The summed E-state index contributed by atoms with van der Waals surface area (Å²) in [7, 11) is 1.83. The van der Waals surface area contributed by atoms with Crippen LogP contribution in [0.25, 0.3) is 0 Å². The fraction of sp³-hybridized carbons (Fsp3) is 0.900. The fourth-order valence-electron chi connectivity index (χ4n) is 6.51. The Kier molecular flexibility index (Phi) is 4.33. The number of carbonyl (C=O) groups excluding carboxylic acids is 2. The largest absolute Gasteiger partial charge is 0.455 e. The van der Waals surface area contributed by atoms with Gasteiger partial charge in [0.1, 0.15) is 0 Å². The number of likely N-dealkylation sites (N-methyl/N-ethyl adjacent to an activating group) is 1. The lowest BCUT2D eigenvalue weighted by Crippen LogP contribution is -2.58. The number of amides is 1. The smallest absolute Gasteiger partial charge is 0.312 e. The highest BCUT2D eigenvalue weighted by molar-refractivity contribution is 5.83. The molecule has 0 spiro atoms. The van der Waals surface area contributed by atoms with Crippen LogP contribution < -0.4 is 0 Å². The predicted octanol–water partition coefficient (Wildman–Crippen LogP) is 2.65. The molecule has 5 aliphatic rings. The molecule has 0 heterocycles. The first-order chi connectivity index (χ1) is 11.9. The molecule has 0 aromatic rings. The predicted molar refractivity (Wildman–Crippen MR) is 92.7 cm³/mol. The van der Waals surface area contributed by atoms with E-state index in [1.807, 2.05) is 7.05 Å². The van der Waals surface area contributed by atoms with Crippen molar-refractivity contribution >= 4 is 11.9 Å². The van der Waals surface area contributed by atoms with E-state index in [0.29, 0.717) is 24.3 Å². The Morgan fingerprint density at radius 2 is 1.72 bits per heavy atom. The third kappa shape index (κ3) is 3.20. The van der Waals surface area contributed by atoms with Crippen molar-refractivity contribution < 1.29 is 19.4 Å². The first-order valence-electron chi connectivity index (χ1n) is 10.0. The minimum atomic E-state index is -0.675. The number of hydrogen-bond donors (Lipinski definition) is 1. The summed E-state index contributed by atoms with van der Waals surface area (Å²) in [6, 6.07) is 0.292. The molecule has 140 valence electrons. The Morgan fingerprint density at radius 3 is 2.32 bits per heavy atom. The highest BCUT2D eigenvalue weighted by Gasteiger charge is 2.60. The van der Waals surface area contributed by atoms with Crippen LogP contribution >= 0.6 is 0 Å². The van der Waals surface area contributed by atoms with Crippen molar-refractivity contribution in [3.05, 3.63) is 0 Å². The molecular weight excluding hydrogens is 318 g/mol. The zero-order valence-corrected chi connectivity index (χ0v) is 15.3. The summed E-state index contributed by atoms with van der Waals surface area (Å²) < 4.78 is 5.50. The molecule has 5 aliphatic carbocycles. The van der Waals surface area contributed by atoms with Gasteiger partial charge in [0.2, 0.25) is 0 Å². The average molecular weight is 349 g/mol. The number of hydrogen-bond acceptors (Lipinski definition) is 4. The van der Waals surface area contributed by atoms with Crippen molar-refractivity contribution in [3.63, 3.8) is 0 Å². The third-order valence-corrected chi connectivity index (χ3v) is 7.31. The maximum atomic E-state index is 12.8. The van der Waals surface area contributed by atoms with Gasteiger partial charge in [-0.05, 0) is 63.2 Å². The Labute approximate surface area is 150 Å². The Bertz CT molecular complexity index is 540. The van der Waals surface area contributed by atoms with Gasteiger partial charge in [0, 0.05) is 13.1 Å². The van der Waals surface area contributed by atoms with Crippen molar-refractivity contribution in [3.8, 4) is 0 Å². The lowest BCUT2D eigenvalue weighted by atomic mass is 9.48. The van der Waals surface area contributed by atoms with E-state index in [4.69, 9.17) is 4.74 Å². The zero-order valence-electron chi connectivity index (χ0n) is 15.3. The van der Waals surface area contributed by atoms with E-state index in [-0.39, 0.29) is 18.5 Å². The molecule has 0 saturated heterocycles. The molecule has 1 N–H and O–H groups in total. The monoisotopic (exact) mass is 349 g/mol. The maximum Gasteiger partial charge on any atom is 0.312 e. The number of esters is 1. The second-order valence-electron chi connectivity index (χ2n) is 9.34. The Hall–Kier alpha value is -1.10. The molecule has 4 bridgehead atoms. The van der Waals surface area contributed by atoms with E-state index in [1.165, 1.54) is 19.3 Å². The molecule has 0 unspecified atom stereocenters. The standard InChI is InChI=1S/C20H31NO4/c1-21(16-5-3-2-4-6-16)17(22)12-25-18(23)19-8-14-7-15(9-19)11-20(24,10-14)13-19/h14-16,24H,2-13H2,1H3/t14-,15-,19?,20?/m1/s1. The lowest BCUT2D eigenvalue weighted by Gasteiger charge is -2.58. The molecule has 1 amide bonds. The van der Waals surface area contributed by atoms with Crippen LogP contribution in [-0.2, 0) is 14.3 Å². The van der Waals surface area contributed by atoms with E-state index < -0.39 is 11.0 Å². The molecule has 0 aromatic heterocycles. The van der Waals surface area contributed by atoms with Gasteiger partial charge in [-0.25, -0.2) is 0 Å². The van der Waals surface area contributed by atoms with E-state index in [2.05, 4.69) is 0 Å². The van der Waals surface area contributed by atoms with E-state index in [9.17, 15) is 14.7 Å². The molecule has 2 atom stereocenters. The van der Waals surface area contributed by atoms with Gasteiger partial charge in [0.25, 0.3) is 5.91 Å². The second kappa shape index (κ2) is 6.26. The Balaban J connectivity index is 1.35. The SMILES string of the molecule is CN(C(=O)COC(=O)C12C[C@H]3C[C@@H](CC(O)(C3)C1)C2)C1CCCCC1. The number of ether oxygens (including phenoxy) is 1. The highest BCUT2D eigenvalue weighted by atomic mass is 16.5. The molecular formula is C20H31NO4. The van der Waals surface area contributed by atoms with Crippen molar-refractivity contribution in [2.45, 2.75) is 82.3 Å². The molecule has 0 radical (unpaired) electrons. The van der Waals surface area contributed by atoms with Crippen molar-refractivity contribution in [2.24, 2.45) is 17.3 Å². The molecule has 5 heteroatoms. The normalized spacial score (nSPS) is 40.1. The number of aliphatic hydroxyl groups is 1. The van der Waals surface area contributed by atoms with Gasteiger partial charge >= 0.3 is 5.97 Å². The van der Waals surface area contributed by atoms with Crippen LogP contribution in [0.4, 0.5) is 0 Å². The van der Waals surface area contributed by atoms with E-state index in [0.717, 1.165) is 44.9 Å². The summed E-state index contributed by atoms with van der Waals surface area (Å²) in [5.41, 5.74) is -1.21. The van der Waals surface area contributed by atoms with E-state index >= 15 is 0 Å². The number of rotatable bonds is 4. The number of carbonyl (C=O) groups is 2. The van der Waals surface area contributed by atoms with Crippen LogP contribution in [0.2, 0.25) is 0 Å². The molecule has 5 nitrogen and oxygen atoms in total. The first kappa shape index (κ1) is 17.3. The second-order valence-corrected chi connectivity index (χ2v) is 9.34. The van der Waals surface area contributed by atoms with Gasteiger partial charge in [-0.1, -0.05) is 19.3 Å². The maximum absolute atomic E-state index is 12.8. The molecule has 0 aromatic carbocycles. The molecule has 5 rings (SSSR count). The minimum Gasteiger partial charge on any atom is -0.455 e. The summed E-state index contributed by atoms with van der Waals surface area (Å²) in [4.78, 5) is 27.1. The summed E-state index contributed by atoms with van der Waals surface area (Å²) in [6.07, 6.45) is 10.7.